The van der Waals surface area contributed by atoms with Crippen molar-refractivity contribution in [2.75, 3.05) is 27.2 Å². The van der Waals surface area contributed by atoms with Crippen LogP contribution < -0.4 is 0 Å². The number of likely N-dealkylation sites (N-methyl/N-ethyl adjacent to an activating group) is 1. The first kappa shape index (κ1) is 17.3. The summed E-state index contributed by atoms with van der Waals surface area (Å²) < 4.78 is 7.43. The minimum atomic E-state index is 0.119. The van der Waals surface area contributed by atoms with E-state index in [-0.39, 0.29) is 5.91 Å². The Morgan fingerprint density at radius 3 is 2.61 bits per heavy atom. The van der Waals surface area contributed by atoms with Gasteiger partial charge >= 0.3 is 0 Å². The van der Waals surface area contributed by atoms with Crippen LogP contribution in [-0.2, 0) is 17.9 Å². The monoisotopic (exact) mass is 318 g/mol. The molecule has 23 heavy (non-hydrogen) atoms. The highest BCUT2D eigenvalue weighted by Crippen LogP contribution is 2.11. The van der Waals surface area contributed by atoms with E-state index in [2.05, 4.69) is 10.00 Å². The topological polar surface area (TPSA) is 54.5 Å². The summed E-state index contributed by atoms with van der Waals surface area (Å²) in [5.74, 6) is 1.81. The zero-order valence-corrected chi connectivity index (χ0v) is 14.5. The normalized spacial score (nSPS) is 11.2. The van der Waals surface area contributed by atoms with Crippen LogP contribution in [0.3, 0.4) is 0 Å². The average Bonchev–Trinajstić information content (AvgIpc) is 3.09. The molecule has 0 atom stereocenters. The highest BCUT2D eigenvalue weighted by molar-refractivity contribution is 5.76. The molecule has 0 bridgehead atoms. The number of furan rings is 1. The quantitative estimate of drug-likeness (QED) is 0.748. The summed E-state index contributed by atoms with van der Waals surface area (Å²) >= 11 is 0. The van der Waals surface area contributed by atoms with E-state index in [0.717, 1.165) is 23.6 Å². The molecule has 0 radical (unpaired) electrons. The van der Waals surface area contributed by atoms with Crippen LogP contribution in [0.5, 0.6) is 0 Å². The summed E-state index contributed by atoms with van der Waals surface area (Å²) in [4.78, 5) is 16.5. The molecule has 2 aromatic heterocycles. The fourth-order valence-corrected chi connectivity index (χ4v) is 2.33. The molecule has 0 saturated heterocycles. The van der Waals surface area contributed by atoms with Crippen molar-refractivity contribution in [3.05, 3.63) is 41.6 Å². The fraction of sp³-hybridized carbons (Fsp3) is 0.529. The largest absolute Gasteiger partial charge is 0.464 e. The van der Waals surface area contributed by atoms with Gasteiger partial charge in [-0.15, -0.1) is 0 Å². The van der Waals surface area contributed by atoms with Gasteiger partial charge in [0, 0.05) is 32.3 Å². The molecule has 0 aromatic carbocycles. The van der Waals surface area contributed by atoms with Gasteiger partial charge in [-0.25, -0.2) is 0 Å². The Bertz CT molecular complexity index is 630. The number of amides is 1. The first-order valence-electron chi connectivity index (χ1n) is 7.91. The highest BCUT2D eigenvalue weighted by atomic mass is 16.3. The molecule has 6 nitrogen and oxygen atoms in total. The standard InChI is InChI=1S/C17H26N4O2/c1-14-11-18-21(12-14)8-7-17(22)20(10-9-19(3)4)13-16-6-5-15(2)23-16/h5-6,11-12H,7-10,13H2,1-4H3. The second-order valence-corrected chi connectivity index (χ2v) is 6.16. The summed E-state index contributed by atoms with van der Waals surface area (Å²) in [5, 5.41) is 4.23. The molecule has 2 heterocycles. The van der Waals surface area contributed by atoms with Crippen LogP contribution >= 0.6 is 0 Å². The minimum absolute atomic E-state index is 0.119. The zero-order valence-electron chi connectivity index (χ0n) is 14.5. The average molecular weight is 318 g/mol. The lowest BCUT2D eigenvalue weighted by atomic mass is 10.3. The van der Waals surface area contributed by atoms with Gasteiger partial charge in [0.2, 0.25) is 5.91 Å². The van der Waals surface area contributed by atoms with Crippen molar-refractivity contribution >= 4 is 5.91 Å². The second-order valence-electron chi connectivity index (χ2n) is 6.16. The number of nitrogens with zero attached hydrogens (tertiary/aromatic N) is 4. The molecule has 0 spiro atoms. The van der Waals surface area contributed by atoms with Gasteiger partial charge in [0.05, 0.1) is 12.7 Å². The Morgan fingerprint density at radius 2 is 2.04 bits per heavy atom. The molecule has 2 rings (SSSR count). The molecule has 0 aliphatic carbocycles. The molecule has 0 aliphatic heterocycles. The van der Waals surface area contributed by atoms with Gasteiger partial charge in [-0.05, 0) is 45.6 Å². The summed E-state index contributed by atoms with van der Waals surface area (Å²) in [7, 11) is 4.01. The third kappa shape index (κ3) is 5.56. The number of hydrogen-bond acceptors (Lipinski definition) is 4. The molecular weight excluding hydrogens is 292 g/mol. The molecule has 2 aromatic rings. The Labute approximate surface area is 137 Å². The molecule has 6 heteroatoms. The molecule has 0 fully saturated rings. The Morgan fingerprint density at radius 1 is 1.26 bits per heavy atom. The van der Waals surface area contributed by atoms with E-state index in [1.807, 2.05) is 55.9 Å². The van der Waals surface area contributed by atoms with Gasteiger partial charge in [-0.3, -0.25) is 9.48 Å². The van der Waals surface area contributed by atoms with E-state index in [4.69, 9.17) is 4.42 Å². The van der Waals surface area contributed by atoms with E-state index in [1.54, 1.807) is 6.20 Å². The Balaban J connectivity index is 1.95. The molecular formula is C17H26N4O2. The van der Waals surface area contributed by atoms with Crippen LogP contribution in [0.25, 0.3) is 0 Å². The van der Waals surface area contributed by atoms with Crippen molar-refractivity contribution in [2.45, 2.75) is 33.4 Å². The number of carbonyl (C=O) groups excluding carboxylic acids is 1. The Kier molecular flexibility index (Phi) is 5.98. The van der Waals surface area contributed by atoms with Gasteiger partial charge in [-0.1, -0.05) is 0 Å². The first-order valence-corrected chi connectivity index (χ1v) is 7.91. The smallest absolute Gasteiger partial charge is 0.224 e. The van der Waals surface area contributed by atoms with Crippen LogP contribution in [-0.4, -0.2) is 52.7 Å². The van der Waals surface area contributed by atoms with E-state index >= 15 is 0 Å². The lowest BCUT2D eigenvalue weighted by Crippen LogP contribution is -2.36. The summed E-state index contributed by atoms with van der Waals surface area (Å²) in [6, 6.07) is 3.86. The van der Waals surface area contributed by atoms with Crippen LogP contribution in [0.4, 0.5) is 0 Å². The van der Waals surface area contributed by atoms with E-state index in [0.29, 0.717) is 26.1 Å². The van der Waals surface area contributed by atoms with Crippen LogP contribution in [0, 0.1) is 13.8 Å². The minimum Gasteiger partial charge on any atom is -0.464 e. The molecule has 1 amide bonds. The van der Waals surface area contributed by atoms with Gasteiger partial charge < -0.3 is 14.2 Å². The zero-order chi connectivity index (χ0) is 16.8. The lowest BCUT2D eigenvalue weighted by molar-refractivity contribution is -0.132. The Hall–Kier alpha value is -2.08. The van der Waals surface area contributed by atoms with Crippen molar-refractivity contribution in [2.24, 2.45) is 0 Å². The van der Waals surface area contributed by atoms with Crippen molar-refractivity contribution < 1.29 is 9.21 Å². The van der Waals surface area contributed by atoms with Gasteiger partial charge in [0.1, 0.15) is 11.5 Å². The number of rotatable bonds is 8. The van der Waals surface area contributed by atoms with E-state index < -0.39 is 0 Å². The van der Waals surface area contributed by atoms with Crippen molar-refractivity contribution in [1.29, 1.82) is 0 Å². The maximum atomic E-state index is 12.6. The number of hydrogen-bond donors (Lipinski definition) is 0. The molecule has 0 N–H and O–H groups in total. The van der Waals surface area contributed by atoms with Crippen LogP contribution in [0.1, 0.15) is 23.5 Å². The van der Waals surface area contributed by atoms with Crippen LogP contribution in [0.15, 0.2) is 28.9 Å². The third-order valence-electron chi connectivity index (χ3n) is 3.63. The SMILES string of the molecule is Cc1cnn(CCC(=O)N(CCN(C)C)Cc2ccc(C)o2)c1. The summed E-state index contributed by atoms with van der Waals surface area (Å²) in [6.07, 6.45) is 4.20. The van der Waals surface area contributed by atoms with Crippen molar-refractivity contribution in [3.8, 4) is 0 Å². The van der Waals surface area contributed by atoms with Crippen LogP contribution in [0.2, 0.25) is 0 Å². The highest BCUT2D eigenvalue weighted by Gasteiger charge is 2.16. The number of aromatic nitrogens is 2. The number of aryl methyl sites for hydroxylation is 3. The summed E-state index contributed by atoms with van der Waals surface area (Å²) in [6.45, 7) is 6.53. The summed E-state index contributed by atoms with van der Waals surface area (Å²) in [5.41, 5.74) is 1.10. The second kappa shape index (κ2) is 7.97. The molecule has 0 unspecified atom stereocenters. The molecule has 126 valence electrons. The van der Waals surface area contributed by atoms with E-state index in [1.165, 1.54) is 0 Å². The fourth-order valence-electron chi connectivity index (χ4n) is 2.33. The van der Waals surface area contributed by atoms with Gasteiger partial charge in [0.15, 0.2) is 0 Å². The predicted octanol–water partition coefficient (Wildman–Crippen LogP) is 2.07. The maximum absolute atomic E-state index is 12.6. The first-order chi connectivity index (χ1) is 10.9. The van der Waals surface area contributed by atoms with Gasteiger partial charge in [0.25, 0.3) is 0 Å². The van der Waals surface area contributed by atoms with E-state index in [9.17, 15) is 4.79 Å². The van der Waals surface area contributed by atoms with Gasteiger partial charge in [-0.2, -0.15) is 5.10 Å². The van der Waals surface area contributed by atoms with Crippen molar-refractivity contribution in [3.63, 3.8) is 0 Å². The lowest BCUT2D eigenvalue weighted by Gasteiger charge is -2.23. The maximum Gasteiger partial charge on any atom is 0.224 e. The number of carbonyl (C=O) groups is 1. The van der Waals surface area contributed by atoms with Crippen molar-refractivity contribution in [1.82, 2.24) is 19.6 Å². The predicted molar refractivity (Wildman–Crippen MR) is 89.0 cm³/mol. The molecule has 0 saturated carbocycles. The molecule has 0 aliphatic rings. The third-order valence-corrected chi connectivity index (χ3v) is 3.63.